The van der Waals surface area contributed by atoms with Crippen molar-refractivity contribution in [1.82, 2.24) is 24.9 Å². The molecule has 3 aromatic rings. The molecule has 0 amide bonds. The van der Waals surface area contributed by atoms with Gasteiger partial charge in [0.05, 0.1) is 17.4 Å². The van der Waals surface area contributed by atoms with E-state index in [-0.39, 0.29) is 0 Å². The second-order valence-electron chi connectivity index (χ2n) is 8.64. The number of fused-ring (bicyclic) bond motifs is 1. The van der Waals surface area contributed by atoms with Gasteiger partial charge in [0.1, 0.15) is 0 Å². The summed E-state index contributed by atoms with van der Waals surface area (Å²) in [4.78, 5) is 4.80. The number of anilines is 2. The van der Waals surface area contributed by atoms with Gasteiger partial charge in [-0.2, -0.15) is 13.5 Å². The second kappa shape index (κ2) is 9.45. The van der Waals surface area contributed by atoms with Gasteiger partial charge in [-0.15, -0.1) is 4.83 Å². The lowest BCUT2D eigenvalue weighted by atomic mass is 10.0. The maximum Gasteiger partial charge on any atom is 0.312 e. The van der Waals surface area contributed by atoms with Crippen molar-refractivity contribution in [2.75, 3.05) is 37.2 Å². The quantitative estimate of drug-likeness (QED) is 0.388. The zero-order valence-corrected chi connectivity index (χ0v) is 19.5. The van der Waals surface area contributed by atoms with Crippen LogP contribution in [0.1, 0.15) is 24.0 Å². The molecule has 2 aromatic carbocycles. The predicted octanol–water partition coefficient (Wildman–Crippen LogP) is 2.67. The summed E-state index contributed by atoms with van der Waals surface area (Å²) >= 11 is 0. The van der Waals surface area contributed by atoms with Crippen LogP contribution < -0.4 is 14.9 Å². The Morgan fingerprint density at radius 2 is 2.06 bits per heavy atom. The minimum atomic E-state index is -3.69. The van der Waals surface area contributed by atoms with Gasteiger partial charge in [-0.1, -0.05) is 12.1 Å². The van der Waals surface area contributed by atoms with Crippen molar-refractivity contribution < 1.29 is 8.42 Å². The number of nitrogens with zero attached hydrogens (tertiary/aromatic N) is 3. The first kappa shape index (κ1) is 22.5. The van der Waals surface area contributed by atoms with E-state index < -0.39 is 10.2 Å². The highest BCUT2D eigenvalue weighted by Crippen LogP contribution is 2.24. The van der Waals surface area contributed by atoms with Gasteiger partial charge in [0, 0.05) is 44.3 Å². The smallest absolute Gasteiger partial charge is 0.312 e. The third-order valence-electron chi connectivity index (χ3n) is 5.52. The van der Waals surface area contributed by atoms with E-state index in [1.807, 2.05) is 37.4 Å². The monoisotopic (exact) mass is 457 g/mol. The SMILES string of the molecule is Cc1ccc(CN2CCC[C@H](Nc3ccc4[nH]ncc4c3)C2)c(NS(=O)(=O)NN(C)C)c1. The Bertz CT molecular complexity index is 1180. The molecular formula is C22H31N7O2S. The minimum Gasteiger partial charge on any atom is -0.381 e. The van der Waals surface area contributed by atoms with Crippen molar-refractivity contribution in [2.45, 2.75) is 32.4 Å². The fourth-order valence-corrected chi connectivity index (χ4v) is 5.16. The van der Waals surface area contributed by atoms with E-state index in [2.05, 4.69) is 42.1 Å². The molecule has 32 heavy (non-hydrogen) atoms. The molecule has 0 radical (unpaired) electrons. The number of rotatable bonds is 8. The van der Waals surface area contributed by atoms with Crippen LogP contribution in [0.5, 0.6) is 0 Å². The molecular weight excluding hydrogens is 426 g/mol. The Kier molecular flexibility index (Phi) is 6.66. The fraction of sp³-hybridized carbons (Fsp3) is 0.409. The van der Waals surface area contributed by atoms with Crippen molar-refractivity contribution in [3.05, 3.63) is 53.7 Å². The maximum absolute atomic E-state index is 12.4. The van der Waals surface area contributed by atoms with Crippen LogP contribution in [0, 0.1) is 6.92 Å². The summed E-state index contributed by atoms with van der Waals surface area (Å²) in [5.74, 6) is 0. The predicted molar refractivity (Wildman–Crippen MR) is 129 cm³/mol. The van der Waals surface area contributed by atoms with E-state index in [1.165, 1.54) is 5.01 Å². The first-order chi connectivity index (χ1) is 15.3. The Hall–Kier alpha value is -2.66. The number of nitrogens with one attached hydrogen (secondary N) is 4. The lowest BCUT2D eigenvalue weighted by molar-refractivity contribution is 0.209. The number of hydrazine groups is 1. The molecule has 4 N–H and O–H groups in total. The molecule has 0 saturated carbocycles. The molecule has 1 atom stereocenters. The highest BCUT2D eigenvalue weighted by Gasteiger charge is 2.22. The topological polar surface area (TPSA) is 105 Å². The molecule has 1 fully saturated rings. The minimum absolute atomic E-state index is 0.328. The van der Waals surface area contributed by atoms with Crippen molar-refractivity contribution in [3.8, 4) is 0 Å². The summed E-state index contributed by atoms with van der Waals surface area (Å²) < 4.78 is 27.5. The summed E-state index contributed by atoms with van der Waals surface area (Å²) in [7, 11) is -0.410. The van der Waals surface area contributed by atoms with Crippen LogP contribution in [0.15, 0.2) is 42.6 Å². The van der Waals surface area contributed by atoms with Crippen LogP contribution >= 0.6 is 0 Å². The van der Waals surface area contributed by atoms with Gasteiger partial charge >= 0.3 is 10.2 Å². The summed E-state index contributed by atoms with van der Waals surface area (Å²) in [6.45, 7) is 4.51. The van der Waals surface area contributed by atoms with Gasteiger partial charge in [0.2, 0.25) is 0 Å². The van der Waals surface area contributed by atoms with E-state index in [0.717, 1.165) is 53.6 Å². The largest absolute Gasteiger partial charge is 0.381 e. The number of likely N-dealkylation sites (tertiary alicyclic amines) is 1. The molecule has 10 heteroatoms. The molecule has 4 rings (SSSR count). The zero-order valence-electron chi connectivity index (χ0n) is 18.7. The molecule has 2 heterocycles. The third-order valence-corrected chi connectivity index (χ3v) is 6.62. The highest BCUT2D eigenvalue weighted by molar-refractivity contribution is 7.90. The van der Waals surface area contributed by atoms with Crippen LogP contribution in [0.4, 0.5) is 11.4 Å². The van der Waals surface area contributed by atoms with Crippen LogP contribution in [-0.2, 0) is 16.8 Å². The molecule has 9 nitrogen and oxygen atoms in total. The zero-order chi connectivity index (χ0) is 22.7. The highest BCUT2D eigenvalue weighted by atomic mass is 32.2. The number of aromatic amines is 1. The third kappa shape index (κ3) is 5.77. The van der Waals surface area contributed by atoms with Crippen LogP contribution in [0.3, 0.4) is 0 Å². The van der Waals surface area contributed by atoms with Gasteiger partial charge in [-0.05, 0) is 61.7 Å². The molecule has 0 aliphatic carbocycles. The normalized spacial score (nSPS) is 17.7. The number of piperidine rings is 1. The van der Waals surface area contributed by atoms with Crippen molar-refractivity contribution >= 4 is 32.5 Å². The number of hydrogen-bond acceptors (Lipinski definition) is 6. The first-order valence-electron chi connectivity index (χ1n) is 10.8. The van der Waals surface area contributed by atoms with E-state index in [4.69, 9.17) is 0 Å². The fourth-order valence-electron chi connectivity index (χ4n) is 4.16. The number of H-pyrrole nitrogens is 1. The van der Waals surface area contributed by atoms with Crippen LogP contribution in [-0.4, -0.2) is 61.8 Å². The van der Waals surface area contributed by atoms with Crippen molar-refractivity contribution in [3.63, 3.8) is 0 Å². The molecule has 1 aromatic heterocycles. The van der Waals surface area contributed by atoms with Crippen molar-refractivity contribution in [1.29, 1.82) is 0 Å². The van der Waals surface area contributed by atoms with Gasteiger partial charge in [-0.25, -0.2) is 5.01 Å². The van der Waals surface area contributed by atoms with Gasteiger partial charge in [0.15, 0.2) is 0 Å². The molecule has 0 spiro atoms. The molecule has 1 aliphatic rings. The Morgan fingerprint density at radius 1 is 1.22 bits per heavy atom. The second-order valence-corrected chi connectivity index (χ2v) is 10.0. The number of aromatic nitrogens is 2. The number of benzene rings is 2. The summed E-state index contributed by atoms with van der Waals surface area (Å²) in [5.41, 5.74) is 4.69. The lowest BCUT2D eigenvalue weighted by Gasteiger charge is -2.34. The lowest BCUT2D eigenvalue weighted by Crippen LogP contribution is -2.42. The first-order valence-corrected chi connectivity index (χ1v) is 12.2. The standard InChI is InChI=1S/C22H31N7O2S/c1-16-6-7-17(22(11-16)26-32(30,31)27-28(2)3)14-29-10-4-5-20(15-29)24-19-8-9-21-18(12-19)13-23-25-21/h6-9,11-13,20,24,26-27H,4-5,10,14-15H2,1-3H3,(H,23,25)/t20-/m0/s1. The molecule has 0 bridgehead atoms. The van der Waals surface area contributed by atoms with Crippen LogP contribution in [0.2, 0.25) is 0 Å². The Morgan fingerprint density at radius 3 is 2.88 bits per heavy atom. The molecule has 172 valence electrons. The number of aryl methyl sites for hydroxylation is 1. The van der Waals surface area contributed by atoms with Gasteiger partial charge in [0.25, 0.3) is 0 Å². The molecule has 1 aliphatic heterocycles. The summed E-state index contributed by atoms with van der Waals surface area (Å²) in [6.07, 6.45) is 4.01. The molecule has 0 unspecified atom stereocenters. The van der Waals surface area contributed by atoms with E-state index in [9.17, 15) is 8.42 Å². The molecule has 1 saturated heterocycles. The van der Waals surface area contributed by atoms with Crippen molar-refractivity contribution in [2.24, 2.45) is 0 Å². The van der Waals surface area contributed by atoms with Gasteiger partial charge < -0.3 is 5.32 Å². The van der Waals surface area contributed by atoms with E-state index in [0.29, 0.717) is 18.3 Å². The summed E-state index contributed by atoms with van der Waals surface area (Å²) in [6, 6.07) is 12.5. The maximum atomic E-state index is 12.4. The van der Waals surface area contributed by atoms with E-state index in [1.54, 1.807) is 14.1 Å². The van der Waals surface area contributed by atoms with E-state index >= 15 is 0 Å². The average molecular weight is 458 g/mol. The summed E-state index contributed by atoms with van der Waals surface area (Å²) in [5, 5.41) is 13.2. The Balaban J connectivity index is 1.44. The van der Waals surface area contributed by atoms with Crippen LogP contribution in [0.25, 0.3) is 10.9 Å². The Labute approximate surface area is 189 Å². The number of hydrogen-bond donors (Lipinski definition) is 4. The van der Waals surface area contributed by atoms with Gasteiger partial charge in [-0.3, -0.25) is 14.7 Å². The average Bonchev–Trinajstić information content (AvgIpc) is 3.17.